The molecular weight excluding hydrogens is 357 g/mol. The van der Waals surface area contributed by atoms with Gasteiger partial charge in [-0.3, -0.25) is 4.79 Å². The molecule has 0 bridgehead atoms. The Hall–Kier alpha value is -1.22. The van der Waals surface area contributed by atoms with Gasteiger partial charge >= 0.3 is 0 Å². The van der Waals surface area contributed by atoms with Crippen molar-refractivity contribution in [3.05, 3.63) is 30.1 Å². The average molecular weight is 380 g/mol. The lowest BCUT2D eigenvalue weighted by atomic mass is 10.1. The van der Waals surface area contributed by atoms with Crippen LogP contribution in [0.15, 0.2) is 29.2 Å². The topological polar surface area (TPSA) is 92.5 Å². The molecule has 1 aliphatic rings. The van der Waals surface area contributed by atoms with Crippen molar-refractivity contribution < 1.29 is 17.6 Å². The van der Waals surface area contributed by atoms with Crippen LogP contribution in [0.25, 0.3) is 0 Å². The molecule has 6 nitrogen and oxygen atoms in total. The Kier molecular flexibility index (Phi) is 7.15. The first-order valence-electron chi connectivity index (χ1n) is 7.53. The SMILES string of the molecule is CC(NS(=O)(=O)c1ccccc1F)C(=O)N1CC(CN)CC1C.Cl. The minimum Gasteiger partial charge on any atom is -0.338 e. The van der Waals surface area contributed by atoms with Crippen LogP contribution >= 0.6 is 12.4 Å². The molecule has 3 N–H and O–H groups in total. The molecule has 1 amide bonds. The normalized spacial score (nSPS) is 22.1. The van der Waals surface area contributed by atoms with Crippen LogP contribution < -0.4 is 10.5 Å². The molecule has 1 saturated heterocycles. The first-order valence-corrected chi connectivity index (χ1v) is 9.02. The summed E-state index contributed by atoms with van der Waals surface area (Å²) in [6.45, 7) is 4.38. The lowest BCUT2D eigenvalue weighted by Crippen LogP contribution is -2.48. The number of nitrogens with two attached hydrogens (primary N) is 1. The monoisotopic (exact) mass is 379 g/mol. The number of nitrogens with one attached hydrogen (secondary N) is 1. The van der Waals surface area contributed by atoms with Gasteiger partial charge in [0, 0.05) is 12.6 Å². The van der Waals surface area contributed by atoms with E-state index in [-0.39, 0.29) is 30.3 Å². The highest BCUT2D eigenvalue weighted by Gasteiger charge is 2.35. The van der Waals surface area contributed by atoms with Crippen LogP contribution in [0, 0.1) is 11.7 Å². The molecule has 3 atom stereocenters. The Morgan fingerprint density at radius 1 is 1.46 bits per heavy atom. The second kappa shape index (κ2) is 8.24. The molecule has 1 aliphatic heterocycles. The number of amides is 1. The third-order valence-electron chi connectivity index (χ3n) is 4.11. The number of nitrogens with zero attached hydrogens (tertiary/aromatic N) is 1. The fourth-order valence-electron chi connectivity index (χ4n) is 2.88. The Labute approximate surface area is 148 Å². The zero-order valence-electron chi connectivity index (χ0n) is 13.6. The molecule has 1 aromatic carbocycles. The third kappa shape index (κ3) is 4.44. The van der Waals surface area contributed by atoms with Gasteiger partial charge in [0.1, 0.15) is 10.7 Å². The summed E-state index contributed by atoms with van der Waals surface area (Å²) in [5, 5.41) is 0. The van der Waals surface area contributed by atoms with Crippen LogP contribution in [0.4, 0.5) is 4.39 Å². The van der Waals surface area contributed by atoms with Gasteiger partial charge in [-0.15, -0.1) is 12.4 Å². The van der Waals surface area contributed by atoms with E-state index in [1.54, 1.807) is 4.90 Å². The number of carbonyl (C=O) groups excluding carboxylic acids is 1. The first kappa shape index (κ1) is 20.8. The second-order valence-electron chi connectivity index (χ2n) is 5.95. The van der Waals surface area contributed by atoms with E-state index in [0.29, 0.717) is 13.1 Å². The first-order chi connectivity index (χ1) is 10.8. The summed E-state index contributed by atoms with van der Waals surface area (Å²) in [6, 6.07) is 4.10. The number of hydrogen-bond acceptors (Lipinski definition) is 4. The summed E-state index contributed by atoms with van der Waals surface area (Å²) in [5.41, 5.74) is 5.64. The van der Waals surface area contributed by atoms with E-state index in [1.807, 2.05) is 6.92 Å². The quantitative estimate of drug-likeness (QED) is 0.801. The molecule has 9 heteroatoms. The highest BCUT2D eigenvalue weighted by molar-refractivity contribution is 7.89. The van der Waals surface area contributed by atoms with Crippen LogP contribution in [-0.4, -0.2) is 44.4 Å². The molecule has 0 aromatic heterocycles. The van der Waals surface area contributed by atoms with Gasteiger partial charge in [0.2, 0.25) is 15.9 Å². The Bertz CT molecular complexity index is 686. The van der Waals surface area contributed by atoms with E-state index in [1.165, 1.54) is 19.1 Å². The van der Waals surface area contributed by atoms with Crippen molar-refractivity contribution in [2.24, 2.45) is 11.7 Å². The predicted octanol–water partition coefficient (Wildman–Crippen LogP) is 1.11. The van der Waals surface area contributed by atoms with Gasteiger partial charge in [0.25, 0.3) is 0 Å². The van der Waals surface area contributed by atoms with Gasteiger partial charge in [-0.1, -0.05) is 12.1 Å². The van der Waals surface area contributed by atoms with Gasteiger partial charge in [-0.25, -0.2) is 12.8 Å². The van der Waals surface area contributed by atoms with Gasteiger partial charge in [-0.2, -0.15) is 4.72 Å². The van der Waals surface area contributed by atoms with Gasteiger partial charge in [-0.05, 0) is 44.9 Å². The minimum absolute atomic E-state index is 0. The van der Waals surface area contributed by atoms with Crippen molar-refractivity contribution in [2.45, 2.75) is 37.2 Å². The molecule has 0 saturated carbocycles. The maximum Gasteiger partial charge on any atom is 0.244 e. The smallest absolute Gasteiger partial charge is 0.244 e. The van der Waals surface area contributed by atoms with Crippen LogP contribution in [0.1, 0.15) is 20.3 Å². The van der Waals surface area contributed by atoms with Crippen molar-refractivity contribution in [1.29, 1.82) is 0 Å². The molecule has 0 aliphatic carbocycles. The molecule has 2 rings (SSSR count). The summed E-state index contributed by atoms with van der Waals surface area (Å²) in [5.74, 6) is -0.949. The van der Waals surface area contributed by atoms with E-state index < -0.39 is 26.8 Å². The van der Waals surface area contributed by atoms with Gasteiger partial charge < -0.3 is 10.6 Å². The Morgan fingerprint density at radius 2 is 2.08 bits per heavy atom. The molecule has 1 aromatic rings. The van der Waals surface area contributed by atoms with Crippen molar-refractivity contribution >= 4 is 28.3 Å². The van der Waals surface area contributed by atoms with E-state index in [4.69, 9.17) is 5.73 Å². The van der Waals surface area contributed by atoms with Crippen LogP contribution in [0.5, 0.6) is 0 Å². The average Bonchev–Trinajstić information content (AvgIpc) is 2.87. The summed E-state index contributed by atoms with van der Waals surface area (Å²) >= 11 is 0. The number of likely N-dealkylation sites (tertiary alicyclic amines) is 1. The summed E-state index contributed by atoms with van der Waals surface area (Å²) in [7, 11) is -4.10. The fraction of sp³-hybridized carbons (Fsp3) is 0.533. The second-order valence-corrected chi connectivity index (χ2v) is 7.63. The number of rotatable bonds is 5. The van der Waals surface area contributed by atoms with Crippen molar-refractivity contribution in [3.63, 3.8) is 0 Å². The fourth-order valence-corrected chi connectivity index (χ4v) is 4.15. The number of sulfonamides is 1. The molecular formula is C15H23ClFN3O3S. The Balaban J connectivity index is 0.00000288. The number of carbonyl (C=O) groups is 1. The van der Waals surface area contributed by atoms with E-state index in [9.17, 15) is 17.6 Å². The van der Waals surface area contributed by atoms with Crippen LogP contribution in [-0.2, 0) is 14.8 Å². The van der Waals surface area contributed by atoms with Crippen LogP contribution in [0.2, 0.25) is 0 Å². The predicted molar refractivity (Wildman–Crippen MR) is 91.8 cm³/mol. The molecule has 1 heterocycles. The maximum atomic E-state index is 13.7. The lowest BCUT2D eigenvalue weighted by Gasteiger charge is -2.25. The van der Waals surface area contributed by atoms with E-state index in [2.05, 4.69) is 4.72 Å². The standard InChI is InChI=1S/C15H22FN3O3S.ClH/c1-10-7-12(8-17)9-19(10)15(20)11(2)18-23(21,22)14-6-4-3-5-13(14)16;/h3-6,10-12,18H,7-9,17H2,1-2H3;1H. The largest absolute Gasteiger partial charge is 0.338 e. The molecule has 136 valence electrons. The molecule has 1 fully saturated rings. The van der Waals surface area contributed by atoms with Crippen LogP contribution in [0.3, 0.4) is 0 Å². The Morgan fingerprint density at radius 3 is 2.62 bits per heavy atom. The number of hydrogen-bond donors (Lipinski definition) is 2. The molecule has 0 radical (unpaired) electrons. The van der Waals surface area contributed by atoms with Crippen molar-refractivity contribution in [1.82, 2.24) is 9.62 Å². The highest BCUT2D eigenvalue weighted by Crippen LogP contribution is 2.23. The van der Waals surface area contributed by atoms with Crippen molar-refractivity contribution in [3.8, 4) is 0 Å². The maximum absolute atomic E-state index is 13.7. The zero-order chi connectivity index (χ0) is 17.2. The number of benzene rings is 1. The molecule has 3 unspecified atom stereocenters. The van der Waals surface area contributed by atoms with E-state index >= 15 is 0 Å². The lowest BCUT2D eigenvalue weighted by molar-refractivity contribution is -0.133. The number of halogens is 2. The third-order valence-corrected chi connectivity index (χ3v) is 5.68. The molecule has 24 heavy (non-hydrogen) atoms. The van der Waals surface area contributed by atoms with E-state index in [0.717, 1.165) is 18.6 Å². The van der Waals surface area contributed by atoms with Crippen molar-refractivity contribution in [2.75, 3.05) is 13.1 Å². The zero-order valence-corrected chi connectivity index (χ0v) is 15.2. The minimum atomic E-state index is -4.10. The van der Waals surface area contributed by atoms with Gasteiger partial charge in [0.05, 0.1) is 6.04 Å². The molecule has 0 spiro atoms. The summed E-state index contributed by atoms with van der Waals surface area (Å²) in [4.78, 5) is 13.6. The summed E-state index contributed by atoms with van der Waals surface area (Å²) in [6.07, 6.45) is 0.801. The highest BCUT2D eigenvalue weighted by atomic mass is 35.5. The summed E-state index contributed by atoms with van der Waals surface area (Å²) < 4.78 is 40.4. The van der Waals surface area contributed by atoms with Gasteiger partial charge in [0.15, 0.2) is 0 Å².